The van der Waals surface area contributed by atoms with Gasteiger partial charge in [0.1, 0.15) is 18.7 Å². The number of aryl methyl sites for hydroxylation is 1. The number of rotatable bonds is 5. The van der Waals surface area contributed by atoms with Crippen molar-refractivity contribution in [3.63, 3.8) is 0 Å². The lowest BCUT2D eigenvalue weighted by Gasteiger charge is -2.17. The quantitative estimate of drug-likeness (QED) is 0.792. The van der Waals surface area contributed by atoms with E-state index in [9.17, 15) is 9.59 Å². The first-order valence-electron chi connectivity index (χ1n) is 5.33. The van der Waals surface area contributed by atoms with Crippen molar-refractivity contribution in [2.75, 3.05) is 0 Å². The van der Waals surface area contributed by atoms with E-state index >= 15 is 0 Å². The van der Waals surface area contributed by atoms with Crippen LogP contribution < -0.4 is 5.32 Å². The summed E-state index contributed by atoms with van der Waals surface area (Å²) in [5, 5.41) is 11.3. The summed E-state index contributed by atoms with van der Waals surface area (Å²) in [5.41, 5.74) is 0.687. The zero-order valence-electron chi connectivity index (χ0n) is 10.1. The molecule has 0 unspecified atom stereocenters. The monoisotopic (exact) mass is 240 g/mol. The number of carboxylic acid groups (broad SMARTS) is 1. The molecule has 1 atom stereocenters. The highest BCUT2D eigenvalue weighted by Crippen LogP contribution is 2.04. The van der Waals surface area contributed by atoms with E-state index in [-0.39, 0.29) is 18.2 Å². The molecule has 1 heterocycles. The van der Waals surface area contributed by atoms with Gasteiger partial charge in [0.05, 0.1) is 5.69 Å². The summed E-state index contributed by atoms with van der Waals surface area (Å²) in [4.78, 5) is 26.4. The van der Waals surface area contributed by atoms with Crippen molar-refractivity contribution in [3.05, 3.63) is 17.8 Å². The normalized spacial score (nSPS) is 12.5. The summed E-state index contributed by atoms with van der Waals surface area (Å²) in [7, 11) is 0. The zero-order valence-corrected chi connectivity index (χ0v) is 10.1. The number of aliphatic carboxylic acids is 1. The molecule has 0 saturated carbocycles. The van der Waals surface area contributed by atoms with Gasteiger partial charge in [-0.15, -0.1) is 0 Å². The largest absolute Gasteiger partial charge is 0.480 e. The summed E-state index contributed by atoms with van der Waals surface area (Å²) in [6.07, 6.45) is 1.39. The van der Waals surface area contributed by atoms with Crippen molar-refractivity contribution in [1.29, 1.82) is 0 Å². The van der Waals surface area contributed by atoms with Crippen LogP contribution in [-0.4, -0.2) is 28.0 Å². The van der Waals surface area contributed by atoms with Crippen molar-refractivity contribution < 1.29 is 19.1 Å². The minimum atomic E-state index is -1.04. The van der Waals surface area contributed by atoms with Gasteiger partial charge in [-0.2, -0.15) is 0 Å². The van der Waals surface area contributed by atoms with Crippen molar-refractivity contribution in [2.45, 2.75) is 33.2 Å². The summed E-state index contributed by atoms with van der Waals surface area (Å²) >= 11 is 0. The van der Waals surface area contributed by atoms with Crippen LogP contribution in [0, 0.1) is 12.8 Å². The van der Waals surface area contributed by atoms with Crippen LogP contribution in [0.15, 0.2) is 10.7 Å². The average molecular weight is 240 g/mol. The molecule has 0 aromatic carbocycles. The van der Waals surface area contributed by atoms with Gasteiger partial charge < -0.3 is 14.8 Å². The molecule has 6 nitrogen and oxygen atoms in total. The van der Waals surface area contributed by atoms with E-state index in [4.69, 9.17) is 9.52 Å². The van der Waals surface area contributed by atoms with Gasteiger partial charge in [0.25, 0.3) is 0 Å². The number of carboxylic acids is 1. The molecule has 2 N–H and O–H groups in total. The minimum absolute atomic E-state index is 0.0513. The van der Waals surface area contributed by atoms with E-state index in [1.165, 1.54) is 6.26 Å². The molecule has 0 aliphatic carbocycles. The molecule has 0 aliphatic rings. The molecule has 0 fully saturated rings. The highest BCUT2D eigenvalue weighted by atomic mass is 16.4. The molecule has 1 aromatic rings. The molecule has 94 valence electrons. The van der Waals surface area contributed by atoms with Gasteiger partial charge in [-0.25, -0.2) is 9.78 Å². The molecule has 0 bridgehead atoms. The van der Waals surface area contributed by atoms with E-state index in [0.717, 1.165) is 0 Å². The van der Waals surface area contributed by atoms with Gasteiger partial charge in [-0.1, -0.05) is 13.8 Å². The lowest BCUT2D eigenvalue weighted by molar-refractivity contribution is -0.143. The van der Waals surface area contributed by atoms with Gasteiger partial charge >= 0.3 is 5.97 Å². The third-order valence-corrected chi connectivity index (χ3v) is 2.23. The fourth-order valence-electron chi connectivity index (χ4n) is 1.36. The predicted octanol–water partition coefficient (Wildman–Crippen LogP) is 0.751. The lowest BCUT2D eigenvalue weighted by atomic mass is 10.0. The summed E-state index contributed by atoms with van der Waals surface area (Å²) in [6.45, 7) is 5.21. The maximum absolute atomic E-state index is 11.6. The third kappa shape index (κ3) is 3.90. The van der Waals surface area contributed by atoms with Gasteiger partial charge in [-0.3, -0.25) is 4.79 Å². The molecule has 0 saturated heterocycles. The van der Waals surface area contributed by atoms with Gasteiger partial charge in [0, 0.05) is 0 Å². The second-order valence-corrected chi connectivity index (χ2v) is 4.19. The van der Waals surface area contributed by atoms with Crippen LogP contribution in [0.3, 0.4) is 0 Å². The van der Waals surface area contributed by atoms with Gasteiger partial charge in [0.15, 0.2) is 0 Å². The third-order valence-electron chi connectivity index (χ3n) is 2.23. The van der Waals surface area contributed by atoms with Crippen LogP contribution in [0.5, 0.6) is 0 Å². The summed E-state index contributed by atoms with van der Waals surface area (Å²) in [6, 6.07) is -0.890. The van der Waals surface area contributed by atoms with Crippen LogP contribution in [0.2, 0.25) is 0 Å². The first-order chi connectivity index (χ1) is 7.90. The van der Waals surface area contributed by atoms with E-state index in [1.54, 1.807) is 20.8 Å². The number of aromatic nitrogens is 1. The predicted molar refractivity (Wildman–Crippen MR) is 59.3 cm³/mol. The van der Waals surface area contributed by atoms with Crippen molar-refractivity contribution in [3.8, 4) is 0 Å². The fraction of sp³-hybridized carbons (Fsp3) is 0.545. The second kappa shape index (κ2) is 5.47. The molecular formula is C11H16N2O4. The first-order valence-corrected chi connectivity index (χ1v) is 5.33. The SMILES string of the molecule is Cc1coc(CC(=O)N[C@H](C(=O)O)C(C)C)n1. The highest BCUT2D eigenvalue weighted by molar-refractivity contribution is 5.84. The Morgan fingerprint density at radius 2 is 2.18 bits per heavy atom. The molecule has 0 aliphatic heterocycles. The van der Waals surface area contributed by atoms with Crippen molar-refractivity contribution in [1.82, 2.24) is 10.3 Å². The number of oxazole rings is 1. The van der Waals surface area contributed by atoms with Crippen molar-refractivity contribution >= 4 is 11.9 Å². The Balaban J connectivity index is 2.56. The van der Waals surface area contributed by atoms with E-state index in [1.807, 2.05) is 0 Å². The number of amides is 1. The number of hydrogen-bond acceptors (Lipinski definition) is 4. The smallest absolute Gasteiger partial charge is 0.326 e. The van der Waals surface area contributed by atoms with Crippen LogP contribution >= 0.6 is 0 Å². The Kier molecular flexibility index (Phi) is 4.25. The molecule has 0 radical (unpaired) electrons. The zero-order chi connectivity index (χ0) is 13.0. The number of nitrogens with zero attached hydrogens (tertiary/aromatic N) is 1. The van der Waals surface area contributed by atoms with Crippen LogP contribution in [0.1, 0.15) is 25.4 Å². The minimum Gasteiger partial charge on any atom is -0.480 e. The molecule has 17 heavy (non-hydrogen) atoms. The van der Waals surface area contributed by atoms with Crippen molar-refractivity contribution in [2.24, 2.45) is 5.92 Å². The van der Waals surface area contributed by atoms with Crippen LogP contribution in [0.4, 0.5) is 0 Å². The average Bonchev–Trinajstić information content (AvgIpc) is 2.59. The van der Waals surface area contributed by atoms with E-state index in [2.05, 4.69) is 10.3 Å². The van der Waals surface area contributed by atoms with Crippen LogP contribution in [0.25, 0.3) is 0 Å². The maximum atomic E-state index is 11.6. The Labute approximate surface area is 99.0 Å². The van der Waals surface area contributed by atoms with Gasteiger partial charge in [-0.05, 0) is 12.8 Å². The number of hydrogen-bond donors (Lipinski definition) is 2. The molecule has 0 spiro atoms. The summed E-state index contributed by atoms with van der Waals surface area (Å²) in [5.74, 6) is -1.35. The van der Waals surface area contributed by atoms with Crippen LogP contribution in [-0.2, 0) is 16.0 Å². The summed E-state index contributed by atoms with van der Waals surface area (Å²) < 4.78 is 5.02. The second-order valence-electron chi connectivity index (χ2n) is 4.19. The first kappa shape index (κ1) is 13.2. The standard InChI is InChI=1S/C11H16N2O4/c1-6(2)10(11(15)16)13-8(14)4-9-12-7(3)5-17-9/h5-6,10H,4H2,1-3H3,(H,13,14)(H,15,16)/t10-/m0/s1. The molecular weight excluding hydrogens is 224 g/mol. The molecule has 1 aromatic heterocycles. The Morgan fingerprint density at radius 3 is 2.59 bits per heavy atom. The maximum Gasteiger partial charge on any atom is 0.326 e. The fourth-order valence-corrected chi connectivity index (χ4v) is 1.36. The molecule has 1 amide bonds. The topological polar surface area (TPSA) is 92.4 Å². The Bertz CT molecular complexity index is 411. The number of nitrogens with one attached hydrogen (secondary N) is 1. The highest BCUT2D eigenvalue weighted by Gasteiger charge is 2.23. The molecule has 6 heteroatoms. The number of carbonyl (C=O) groups excluding carboxylic acids is 1. The lowest BCUT2D eigenvalue weighted by Crippen LogP contribution is -2.44. The van der Waals surface area contributed by atoms with E-state index in [0.29, 0.717) is 5.69 Å². The number of carbonyl (C=O) groups is 2. The van der Waals surface area contributed by atoms with Gasteiger partial charge in [0.2, 0.25) is 11.8 Å². The van der Waals surface area contributed by atoms with E-state index < -0.39 is 17.9 Å². The Morgan fingerprint density at radius 1 is 1.53 bits per heavy atom. The molecule has 1 rings (SSSR count). The Hall–Kier alpha value is -1.85.